The van der Waals surface area contributed by atoms with Gasteiger partial charge in [-0.2, -0.15) is 0 Å². The SMILES string of the molecule is CN(CC(=O)NCC(c1ccc(F)cc1)N1CCOCC1)c1ccccc1. The molecule has 144 valence electrons. The summed E-state index contributed by atoms with van der Waals surface area (Å²) in [6.45, 7) is 3.69. The number of nitrogens with one attached hydrogen (secondary N) is 1. The van der Waals surface area contributed by atoms with Gasteiger partial charge < -0.3 is 15.0 Å². The van der Waals surface area contributed by atoms with Gasteiger partial charge in [-0.05, 0) is 29.8 Å². The predicted octanol–water partition coefficient (Wildman–Crippen LogP) is 2.45. The molecule has 0 saturated carbocycles. The minimum absolute atomic E-state index is 0.000446. The third kappa shape index (κ3) is 5.52. The minimum Gasteiger partial charge on any atom is -0.379 e. The highest BCUT2D eigenvalue weighted by atomic mass is 19.1. The number of carbonyl (C=O) groups is 1. The number of benzene rings is 2. The van der Waals surface area contributed by atoms with Crippen LogP contribution < -0.4 is 10.2 Å². The van der Waals surface area contributed by atoms with Crippen molar-refractivity contribution < 1.29 is 13.9 Å². The molecule has 1 fully saturated rings. The van der Waals surface area contributed by atoms with E-state index in [1.165, 1.54) is 12.1 Å². The lowest BCUT2D eigenvalue weighted by atomic mass is 10.0. The number of para-hydroxylation sites is 1. The van der Waals surface area contributed by atoms with Crippen LogP contribution in [0.3, 0.4) is 0 Å². The van der Waals surface area contributed by atoms with Gasteiger partial charge in [-0.25, -0.2) is 4.39 Å². The molecule has 1 unspecified atom stereocenters. The number of halogens is 1. The van der Waals surface area contributed by atoms with Gasteiger partial charge in [0.25, 0.3) is 0 Å². The number of amides is 1. The number of morpholine rings is 1. The first-order valence-corrected chi connectivity index (χ1v) is 9.23. The van der Waals surface area contributed by atoms with Crippen molar-refractivity contribution >= 4 is 11.6 Å². The Morgan fingerprint density at radius 1 is 1.15 bits per heavy atom. The first-order chi connectivity index (χ1) is 13.1. The molecule has 2 aromatic rings. The van der Waals surface area contributed by atoms with E-state index in [2.05, 4.69) is 10.2 Å². The van der Waals surface area contributed by atoms with Gasteiger partial charge >= 0.3 is 0 Å². The van der Waals surface area contributed by atoms with Crippen LogP contribution in [0.2, 0.25) is 0 Å². The highest BCUT2D eigenvalue weighted by molar-refractivity contribution is 5.81. The van der Waals surface area contributed by atoms with Crippen molar-refractivity contribution in [3.8, 4) is 0 Å². The fraction of sp³-hybridized carbons (Fsp3) is 0.381. The Labute approximate surface area is 159 Å². The molecule has 1 aliphatic heterocycles. The van der Waals surface area contributed by atoms with Gasteiger partial charge in [0, 0.05) is 32.4 Å². The summed E-state index contributed by atoms with van der Waals surface area (Å²) in [5.41, 5.74) is 1.99. The Hall–Kier alpha value is -2.44. The van der Waals surface area contributed by atoms with Crippen molar-refractivity contribution in [3.05, 3.63) is 66.0 Å². The summed E-state index contributed by atoms with van der Waals surface area (Å²) in [4.78, 5) is 16.6. The second-order valence-corrected chi connectivity index (χ2v) is 6.71. The second-order valence-electron chi connectivity index (χ2n) is 6.71. The molecule has 1 heterocycles. The van der Waals surface area contributed by atoms with E-state index in [-0.39, 0.29) is 24.3 Å². The number of carbonyl (C=O) groups excluding carboxylic acids is 1. The Morgan fingerprint density at radius 3 is 2.48 bits per heavy atom. The predicted molar refractivity (Wildman–Crippen MR) is 104 cm³/mol. The lowest BCUT2D eigenvalue weighted by molar-refractivity contribution is -0.120. The molecule has 1 atom stereocenters. The van der Waals surface area contributed by atoms with E-state index in [0.717, 1.165) is 24.3 Å². The monoisotopic (exact) mass is 371 g/mol. The molecule has 1 aliphatic rings. The van der Waals surface area contributed by atoms with Gasteiger partial charge in [-0.3, -0.25) is 9.69 Å². The Bertz CT molecular complexity index is 718. The summed E-state index contributed by atoms with van der Waals surface area (Å²) in [5, 5.41) is 3.04. The van der Waals surface area contributed by atoms with E-state index in [1.54, 1.807) is 12.1 Å². The lowest BCUT2D eigenvalue weighted by Gasteiger charge is -2.35. The number of anilines is 1. The normalized spacial score (nSPS) is 15.9. The molecule has 0 aliphatic carbocycles. The van der Waals surface area contributed by atoms with Gasteiger partial charge in [-0.1, -0.05) is 30.3 Å². The van der Waals surface area contributed by atoms with Crippen LogP contribution in [-0.4, -0.2) is 57.2 Å². The molecule has 1 N–H and O–H groups in total. The van der Waals surface area contributed by atoms with Gasteiger partial charge in [-0.15, -0.1) is 0 Å². The highest BCUT2D eigenvalue weighted by Crippen LogP contribution is 2.21. The molecule has 1 amide bonds. The van der Waals surface area contributed by atoms with Crippen molar-refractivity contribution in [2.75, 3.05) is 51.3 Å². The molecule has 0 spiro atoms. The molecule has 27 heavy (non-hydrogen) atoms. The summed E-state index contributed by atoms with van der Waals surface area (Å²) in [6, 6.07) is 16.3. The number of hydrogen-bond acceptors (Lipinski definition) is 4. The zero-order chi connectivity index (χ0) is 19.1. The smallest absolute Gasteiger partial charge is 0.239 e. The van der Waals surface area contributed by atoms with Crippen LogP contribution >= 0.6 is 0 Å². The Kier molecular flexibility index (Phi) is 6.79. The standard InChI is InChI=1S/C21H26FN3O2/c1-24(19-5-3-2-4-6-19)16-21(26)23-15-20(25-11-13-27-14-12-25)17-7-9-18(22)10-8-17/h2-10,20H,11-16H2,1H3,(H,23,26). The zero-order valence-electron chi connectivity index (χ0n) is 15.6. The molecular formula is C21H26FN3O2. The molecule has 5 nitrogen and oxygen atoms in total. The van der Waals surface area contributed by atoms with Gasteiger partial charge in [0.15, 0.2) is 0 Å². The van der Waals surface area contributed by atoms with Crippen molar-refractivity contribution in [2.45, 2.75) is 6.04 Å². The quantitative estimate of drug-likeness (QED) is 0.812. The number of hydrogen-bond donors (Lipinski definition) is 1. The maximum Gasteiger partial charge on any atom is 0.239 e. The van der Waals surface area contributed by atoms with Crippen LogP contribution in [0.15, 0.2) is 54.6 Å². The molecule has 1 saturated heterocycles. The van der Waals surface area contributed by atoms with Crippen LogP contribution in [0.1, 0.15) is 11.6 Å². The van der Waals surface area contributed by atoms with Crippen molar-refractivity contribution in [1.82, 2.24) is 10.2 Å². The summed E-state index contributed by atoms with van der Waals surface area (Å²) >= 11 is 0. The molecule has 0 aromatic heterocycles. The first kappa shape index (κ1) is 19.3. The largest absolute Gasteiger partial charge is 0.379 e. The molecular weight excluding hydrogens is 345 g/mol. The van der Waals surface area contributed by atoms with E-state index >= 15 is 0 Å². The maximum absolute atomic E-state index is 13.3. The fourth-order valence-electron chi connectivity index (χ4n) is 3.29. The summed E-state index contributed by atoms with van der Waals surface area (Å²) < 4.78 is 18.7. The Balaban J connectivity index is 1.61. The number of ether oxygens (including phenoxy) is 1. The third-order valence-corrected chi connectivity index (χ3v) is 4.81. The summed E-state index contributed by atoms with van der Waals surface area (Å²) in [5.74, 6) is -0.297. The van der Waals surface area contributed by atoms with Gasteiger partial charge in [0.05, 0.1) is 25.8 Å². The molecule has 0 bridgehead atoms. The van der Waals surface area contributed by atoms with E-state index < -0.39 is 0 Å². The van der Waals surface area contributed by atoms with Crippen LogP contribution in [0, 0.1) is 5.82 Å². The molecule has 0 radical (unpaired) electrons. The molecule has 6 heteroatoms. The molecule has 3 rings (SSSR count). The van der Waals surface area contributed by atoms with Crippen molar-refractivity contribution in [2.24, 2.45) is 0 Å². The Morgan fingerprint density at radius 2 is 1.81 bits per heavy atom. The van der Waals surface area contributed by atoms with Gasteiger partial charge in [0.1, 0.15) is 5.82 Å². The maximum atomic E-state index is 13.3. The average Bonchev–Trinajstić information content (AvgIpc) is 2.71. The third-order valence-electron chi connectivity index (χ3n) is 4.81. The lowest BCUT2D eigenvalue weighted by Crippen LogP contribution is -2.45. The van der Waals surface area contributed by atoms with E-state index in [4.69, 9.17) is 4.74 Å². The van der Waals surface area contributed by atoms with E-state index in [0.29, 0.717) is 19.8 Å². The fourth-order valence-corrected chi connectivity index (χ4v) is 3.29. The van der Waals surface area contributed by atoms with Crippen LogP contribution in [0.4, 0.5) is 10.1 Å². The second kappa shape index (κ2) is 9.48. The average molecular weight is 371 g/mol. The molecule has 2 aromatic carbocycles. The highest BCUT2D eigenvalue weighted by Gasteiger charge is 2.23. The number of nitrogens with zero attached hydrogens (tertiary/aromatic N) is 2. The van der Waals surface area contributed by atoms with Crippen LogP contribution in [-0.2, 0) is 9.53 Å². The van der Waals surface area contributed by atoms with E-state index in [9.17, 15) is 9.18 Å². The zero-order valence-corrected chi connectivity index (χ0v) is 15.6. The first-order valence-electron chi connectivity index (χ1n) is 9.23. The number of rotatable bonds is 7. The van der Waals surface area contributed by atoms with Crippen LogP contribution in [0.25, 0.3) is 0 Å². The van der Waals surface area contributed by atoms with Crippen LogP contribution in [0.5, 0.6) is 0 Å². The van der Waals surface area contributed by atoms with Gasteiger partial charge in [0.2, 0.25) is 5.91 Å². The van der Waals surface area contributed by atoms with E-state index in [1.807, 2.05) is 42.3 Å². The van der Waals surface area contributed by atoms with Crippen molar-refractivity contribution in [1.29, 1.82) is 0 Å². The summed E-state index contributed by atoms with van der Waals surface area (Å²) in [6.07, 6.45) is 0. The minimum atomic E-state index is -0.256. The number of likely N-dealkylation sites (N-methyl/N-ethyl adjacent to an activating group) is 1. The van der Waals surface area contributed by atoms with Crippen molar-refractivity contribution in [3.63, 3.8) is 0 Å². The topological polar surface area (TPSA) is 44.8 Å². The summed E-state index contributed by atoms with van der Waals surface area (Å²) in [7, 11) is 1.90.